The molecule has 1 aromatic rings. The summed E-state index contributed by atoms with van der Waals surface area (Å²) in [6, 6.07) is 6.80. The van der Waals surface area contributed by atoms with Crippen LogP contribution in [-0.2, 0) is 14.4 Å². The Labute approximate surface area is 144 Å². The maximum absolute atomic E-state index is 12.7. The topological polar surface area (TPSA) is 139 Å². The Morgan fingerprint density at radius 1 is 1.28 bits per heavy atom. The number of carbonyl (C=O) groups is 3. The van der Waals surface area contributed by atoms with Gasteiger partial charge >= 0.3 is 11.9 Å². The van der Waals surface area contributed by atoms with E-state index in [1.165, 1.54) is 7.11 Å². The van der Waals surface area contributed by atoms with Crippen LogP contribution in [0.15, 0.2) is 24.3 Å². The fraction of sp³-hybridized carbons (Fsp3) is 0.471. The zero-order chi connectivity index (χ0) is 18.6. The lowest BCUT2D eigenvalue weighted by atomic mass is 9.80. The van der Waals surface area contributed by atoms with Crippen molar-refractivity contribution in [2.45, 2.75) is 18.9 Å². The molecule has 5 unspecified atom stereocenters. The van der Waals surface area contributed by atoms with Crippen LogP contribution < -0.4 is 15.8 Å². The number of ether oxygens (including phenoxy) is 1. The highest BCUT2D eigenvalue weighted by Crippen LogP contribution is 2.73. The van der Waals surface area contributed by atoms with Gasteiger partial charge in [-0.2, -0.15) is 0 Å². The number of nitrogens with two attached hydrogens (primary N) is 1. The van der Waals surface area contributed by atoms with E-state index in [0.29, 0.717) is 11.4 Å². The SMILES string of the molecule is COc1ccccc1NC(=O)C1CC(N)(C(=O)O)C2(C)C(C(=O)O)C12. The maximum Gasteiger partial charge on any atom is 0.324 e. The van der Waals surface area contributed by atoms with E-state index in [4.69, 9.17) is 10.5 Å². The monoisotopic (exact) mass is 348 g/mol. The van der Waals surface area contributed by atoms with E-state index in [1.807, 2.05) is 0 Å². The maximum atomic E-state index is 12.7. The van der Waals surface area contributed by atoms with Gasteiger partial charge in [0.15, 0.2) is 0 Å². The van der Waals surface area contributed by atoms with E-state index >= 15 is 0 Å². The van der Waals surface area contributed by atoms with Gasteiger partial charge in [-0.15, -0.1) is 0 Å². The Hall–Kier alpha value is -2.61. The van der Waals surface area contributed by atoms with Gasteiger partial charge in [0.2, 0.25) is 5.91 Å². The van der Waals surface area contributed by atoms with Gasteiger partial charge < -0.3 is 26.0 Å². The number of fused-ring (bicyclic) bond motifs is 1. The van der Waals surface area contributed by atoms with E-state index in [2.05, 4.69) is 5.32 Å². The molecule has 5 N–H and O–H groups in total. The number of anilines is 1. The molecule has 8 nitrogen and oxygen atoms in total. The van der Waals surface area contributed by atoms with Crippen molar-refractivity contribution in [2.24, 2.45) is 28.9 Å². The van der Waals surface area contributed by atoms with Crippen LogP contribution in [0.1, 0.15) is 13.3 Å². The van der Waals surface area contributed by atoms with Gasteiger partial charge in [-0.05, 0) is 24.5 Å². The first-order chi connectivity index (χ1) is 11.7. The number of hydrogen-bond acceptors (Lipinski definition) is 5. The van der Waals surface area contributed by atoms with E-state index in [9.17, 15) is 24.6 Å². The number of amides is 1. The average molecular weight is 348 g/mol. The quantitative estimate of drug-likeness (QED) is 0.616. The van der Waals surface area contributed by atoms with Crippen LogP contribution in [0.25, 0.3) is 0 Å². The number of hydrogen-bond donors (Lipinski definition) is 4. The Morgan fingerprint density at radius 2 is 1.92 bits per heavy atom. The molecule has 0 saturated heterocycles. The fourth-order valence-electron chi connectivity index (χ4n) is 4.42. The van der Waals surface area contributed by atoms with E-state index in [0.717, 1.165) is 0 Å². The zero-order valence-corrected chi connectivity index (χ0v) is 13.9. The molecule has 0 bridgehead atoms. The second-order valence-corrected chi connectivity index (χ2v) is 6.90. The molecule has 0 aliphatic heterocycles. The molecule has 0 aromatic heterocycles. The molecule has 25 heavy (non-hydrogen) atoms. The van der Waals surface area contributed by atoms with Crippen LogP contribution in [-0.4, -0.2) is 40.7 Å². The number of aliphatic carboxylic acids is 2. The van der Waals surface area contributed by atoms with Crippen LogP contribution in [0.4, 0.5) is 5.69 Å². The molecule has 2 aliphatic carbocycles. The summed E-state index contributed by atoms with van der Waals surface area (Å²) in [6.45, 7) is 1.54. The molecule has 3 rings (SSSR count). The largest absolute Gasteiger partial charge is 0.495 e. The molecule has 8 heteroatoms. The summed E-state index contributed by atoms with van der Waals surface area (Å²) < 4.78 is 5.18. The summed E-state index contributed by atoms with van der Waals surface area (Å²) in [5, 5.41) is 21.7. The number of nitrogens with one attached hydrogen (secondary N) is 1. The third kappa shape index (κ3) is 2.21. The summed E-state index contributed by atoms with van der Waals surface area (Å²) in [4.78, 5) is 35.9. The second kappa shape index (κ2) is 5.45. The van der Waals surface area contributed by atoms with Gasteiger partial charge in [-0.1, -0.05) is 19.1 Å². The van der Waals surface area contributed by atoms with Crippen molar-refractivity contribution in [2.75, 3.05) is 12.4 Å². The minimum Gasteiger partial charge on any atom is -0.495 e. The first-order valence-corrected chi connectivity index (χ1v) is 7.87. The van der Waals surface area contributed by atoms with Gasteiger partial charge in [0.05, 0.1) is 18.7 Å². The first kappa shape index (κ1) is 17.2. The van der Waals surface area contributed by atoms with Crippen molar-refractivity contribution >= 4 is 23.5 Å². The van der Waals surface area contributed by atoms with Crippen molar-refractivity contribution < 1.29 is 29.3 Å². The predicted molar refractivity (Wildman–Crippen MR) is 87.0 cm³/mol. The molecule has 2 aliphatic rings. The Morgan fingerprint density at radius 3 is 2.48 bits per heavy atom. The van der Waals surface area contributed by atoms with Crippen molar-refractivity contribution in [3.63, 3.8) is 0 Å². The summed E-state index contributed by atoms with van der Waals surface area (Å²) in [5.41, 5.74) is 3.61. The lowest BCUT2D eigenvalue weighted by Crippen LogP contribution is -2.55. The van der Waals surface area contributed by atoms with E-state index < -0.39 is 46.6 Å². The molecule has 0 radical (unpaired) electrons. The highest BCUT2D eigenvalue weighted by Gasteiger charge is 2.83. The third-order valence-corrected chi connectivity index (χ3v) is 5.87. The van der Waals surface area contributed by atoms with Crippen LogP contribution in [0.5, 0.6) is 5.75 Å². The number of carbonyl (C=O) groups excluding carboxylic acids is 1. The van der Waals surface area contributed by atoms with Gasteiger partial charge in [0.25, 0.3) is 0 Å². The van der Waals surface area contributed by atoms with Gasteiger partial charge in [0.1, 0.15) is 11.3 Å². The number of rotatable bonds is 5. The van der Waals surface area contributed by atoms with Crippen molar-refractivity contribution in [1.29, 1.82) is 0 Å². The average Bonchev–Trinajstić information content (AvgIpc) is 3.12. The summed E-state index contributed by atoms with van der Waals surface area (Å²) in [6.07, 6.45) is -0.103. The standard InChI is InChI=1S/C17H20N2O6/c1-16-11(12(16)14(21)22)8(7-17(16,18)15(23)24)13(20)19-9-5-3-4-6-10(9)25-2/h3-6,8,11-12H,7,18H2,1-2H3,(H,19,20)(H,21,22)(H,23,24). The minimum atomic E-state index is -1.75. The Bertz CT molecular complexity index is 765. The lowest BCUT2D eigenvalue weighted by molar-refractivity contribution is -0.148. The fourth-order valence-corrected chi connectivity index (χ4v) is 4.42. The molecular weight excluding hydrogens is 328 g/mol. The Balaban J connectivity index is 1.89. The van der Waals surface area contributed by atoms with Gasteiger partial charge in [-0.3, -0.25) is 14.4 Å². The number of carboxylic acid groups (broad SMARTS) is 2. The highest BCUT2D eigenvalue weighted by molar-refractivity contribution is 5.98. The molecule has 1 aromatic carbocycles. The Kier molecular flexibility index (Phi) is 3.75. The van der Waals surface area contributed by atoms with Crippen molar-refractivity contribution in [3.8, 4) is 5.75 Å². The summed E-state index contributed by atoms with van der Waals surface area (Å²) >= 11 is 0. The normalized spacial score (nSPS) is 35.6. The second-order valence-electron chi connectivity index (χ2n) is 6.90. The van der Waals surface area contributed by atoms with E-state index in [1.54, 1.807) is 31.2 Å². The molecule has 1 amide bonds. The van der Waals surface area contributed by atoms with Crippen molar-refractivity contribution in [3.05, 3.63) is 24.3 Å². The van der Waals surface area contributed by atoms with E-state index in [-0.39, 0.29) is 6.42 Å². The first-order valence-electron chi connectivity index (χ1n) is 7.87. The number of para-hydroxylation sites is 2. The number of carboxylic acids is 2. The number of benzene rings is 1. The van der Waals surface area contributed by atoms with Gasteiger partial charge in [-0.25, -0.2) is 0 Å². The molecule has 134 valence electrons. The molecular formula is C17H20N2O6. The zero-order valence-electron chi connectivity index (χ0n) is 13.9. The summed E-state index contributed by atoms with van der Waals surface area (Å²) in [7, 11) is 1.47. The lowest BCUT2D eigenvalue weighted by Gasteiger charge is -2.29. The van der Waals surface area contributed by atoms with Crippen LogP contribution in [0, 0.1) is 23.2 Å². The van der Waals surface area contributed by atoms with Crippen LogP contribution in [0.2, 0.25) is 0 Å². The molecule has 5 atom stereocenters. The van der Waals surface area contributed by atoms with Gasteiger partial charge in [0, 0.05) is 11.3 Å². The predicted octanol–water partition coefficient (Wildman–Crippen LogP) is 0.773. The molecule has 2 saturated carbocycles. The molecule has 0 spiro atoms. The van der Waals surface area contributed by atoms with Crippen LogP contribution in [0.3, 0.4) is 0 Å². The smallest absolute Gasteiger partial charge is 0.324 e. The molecule has 0 heterocycles. The molecule has 2 fully saturated rings. The van der Waals surface area contributed by atoms with Crippen LogP contribution >= 0.6 is 0 Å². The van der Waals surface area contributed by atoms with Crippen molar-refractivity contribution in [1.82, 2.24) is 0 Å². The summed E-state index contributed by atoms with van der Waals surface area (Å²) in [5.74, 6) is -4.75. The minimum absolute atomic E-state index is 0.103. The highest BCUT2D eigenvalue weighted by atomic mass is 16.5. The number of methoxy groups -OCH3 is 1. The third-order valence-electron chi connectivity index (χ3n) is 5.87.